The van der Waals surface area contributed by atoms with Gasteiger partial charge in [0.1, 0.15) is 5.82 Å². The minimum Gasteiger partial charge on any atom is -0.377 e. The van der Waals surface area contributed by atoms with E-state index in [1.165, 1.54) is 22.8 Å². The maximum Gasteiger partial charge on any atom is 0.246 e. The molecule has 0 radical (unpaired) electrons. The summed E-state index contributed by atoms with van der Waals surface area (Å²) in [6, 6.07) is 9.22. The Morgan fingerprint density at radius 2 is 1.69 bits per heavy atom. The number of hydrogen-bond donors (Lipinski definition) is 2. The van der Waals surface area contributed by atoms with Gasteiger partial charge in [-0.1, -0.05) is 30.7 Å². The molecular weight excluding hydrogens is 369 g/mol. The number of aryl methyl sites for hydroxylation is 3. The Kier molecular flexibility index (Phi) is 8.80. The summed E-state index contributed by atoms with van der Waals surface area (Å²) in [6.07, 6.45) is 2.92. The van der Waals surface area contributed by atoms with Gasteiger partial charge in [-0.15, -0.1) is 0 Å². The lowest BCUT2D eigenvalue weighted by Crippen LogP contribution is -2.29. The van der Waals surface area contributed by atoms with E-state index in [0.717, 1.165) is 24.0 Å². The van der Waals surface area contributed by atoms with Crippen LogP contribution in [0.25, 0.3) is 0 Å². The van der Waals surface area contributed by atoms with Gasteiger partial charge in [-0.2, -0.15) is 0 Å². The summed E-state index contributed by atoms with van der Waals surface area (Å²) < 4.78 is 19.0. The highest BCUT2D eigenvalue weighted by molar-refractivity contribution is 5.77. The molecule has 158 valence electrons. The SMILES string of the molecule is Cc1cc(COCCCC[C@@H](Cc2cc(C)c(C)c(C)c2)C(=O)NO)ccc1F. The van der Waals surface area contributed by atoms with Crippen molar-refractivity contribution in [1.82, 2.24) is 5.48 Å². The number of hydrogen-bond acceptors (Lipinski definition) is 3. The van der Waals surface area contributed by atoms with Crippen molar-refractivity contribution in [3.8, 4) is 0 Å². The highest BCUT2D eigenvalue weighted by atomic mass is 19.1. The van der Waals surface area contributed by atoms with Gasteiger partial charge in [0, 0.05) is 12.5 Å². The number of hydroxylamine groups is 1. The largest absolute Gasteiger partial charge is 0.377 e. The second-order valence-electron chi connectivity index (χ2n) is 7.86. The molecule has 2 aromatic carbocycles. The number of rotatable bonds is 10. The Morgan fingerprint density at radius 1 is 1.03 bits per heavy atom. The Hall–Kier alpha value is -2.24. The van der Waals surface area contributed by atoms with E-state index in [1.807, 2.05) is 5.48 Å². The molecule has 0 unspecified atom stereocenters. The molecule has 5 heteroatoms. The molecule has 1 amide bonds. The first-order chi connectivity index (χ1) is 13.8. The van der Waals surface area contributed by atoms with Crippen LogP contribution in [0.1, 0.15) is 52.6 Å². The number of benzene rings is 2. The van der Waals surface area contributed by atoms with Gasteiger partial charge in [-0.3, -0.25) is 10.0 Å². The summed E-state index contributed by atoms with van der Waals surface area (Å²) in [5.74, 6) is -0.828. The molecule has 0 aliphatic rings. The fraction of sp³-hybridized carbons (Fsp3) is 0.458. The Labute approximate surface area is 173 Å². The molecule has 1 atom stereocenters. The van der Waals surface area contributed by atoms with Crippen LogP contribution in [-0.4, -0.2) is 17.7 Å². The zero-order chi connectivity index (χ0) is 21.4. The van der Waals surface area contributed by atoms with Crippen molar-refractivity contribution in [2.75, 3.05) is 6.61 Å². The third-order valence-corrected chi connectivity index (χ3v) is 5.53. The average Bonchev–Trinajstić information content (AvgIpc) is 2.69. The second-order valence-corrected chi connectivity index (χ2v) is 7.86. The van der Waals surface area contributed by atoms with Crippen LogP contribution in [0.15, 0.2) is 30.3 Å². The Balaban J connectivity index is 1.80. The normalized spacial score (nSPS) is 12.1. The molecular formula is C24H32FNO3. The maximum absolute atomic E-state index is 13.3. The van der Waals surface area contributed by atoms with Crippen molar-refractivity contribution in [2.24, 2.45) is 5.92 Å². The van der Waals surface area contributed by atoms with Crippen LogP contribution in [0.3, 0.4) is 0 Å². The van der Waals surface area contributed by atoms with Gasteiger partial charge in [0.05, 0.1) is 6.61 Å². The van der Waals surface area contributed by atoms with Crippen LogP contribution in [0, 0.1) is 39.4 Å². The standard InChI is InChI=1S/C24H32FNO3/c1-16-11-21(12-17(2)19(16)4)14-22(24(27)26-28)7-5-6-10-29-15-20-8-9-23(25)18(3)13-20/h8-9,11-13,22,28H,5-7,10,14-15H2,1-4H3,(H,26,27)/t22-/m0/s1. The lowest BCUT2D eigenvalue weighted by molar-refractivity contribution is -0.133. The van der Waals surface area contributed by atoms with E-state index < -0.39 is 0 Å². The predicted octanol–water partition coefficient (Wildman–Crippen LogP) is 5.11. The van der Waals surface area contributed by atoms with Crippen LogP contribution in [0.4, 0.5) is 4.39 Å². The molecule has 0 spiro atoms. The van der Waals surface area contributed by atoms with Crippen molar-refractivity contribution < 1.29 is 19.1 Å². The number of amides is 1. The average molecular weight is 402 g/mol. The van der Waals surface area contributed by atoms with Gasteiger partial charge < -0.3 is 4.74 Å². The fourth-order valence-electron chi connectivity index (χ4n) is 3.53. The molecule has 0 heterocycles. The van der Waals surface area contributed by atoms with Crippen molar-refractivity contribution in [3.63, 3.8) is 0 Å². The Bertz CT molecular complexity index is 812. The van der Waals surface area contributed by atoms with Crippen molar-refractivity contribution in [2.45, 2.75) is 60.0 Å². The zero-order valence-electron chi connectivity index (χ0n) is 17.8. The van der Waals surface area contributed by atoms with Crippen molar-refractivity contribution in [1.29, 1.82) is 0 Å². The molecule has 0 aliphatic carbocycles. The van der Waals surface area contributed by atoms with E-state index in [9.17, 15) is 9.18 Å². The summed E-state index contributed by atoms with van der Waals surface area (Å²) in [5.41, 5.74) is 8.19. The first-order valence-corrected chi connectivity index (χ1v) is 10.1. The monoisotopic (exact) mass is 401 g/mol. The van der Waals surface area contributed by atoms with Crippen LogP contribution in [0.2, 0.25) is 0 Å². The second kappa shape index (κ2) is 11.1. The van der Waals surface area contributed by atoms with Crippen LogP contribution < -0.4 is 5.48 Å². The smallest absolute Gasteiger partial charge is 0.246 e. The zero-order valence-corrected chi connectivity index (χ0v) is 17.8. The Morgan fingerprint density at radius 3 is 2.31 bits per heavy atom. The van der Waals surface area contributed by atoms with E-state index in [1.54, 1.807) is 19.1 Å². The first kappa shape index (κ1) is 23.0. The van der Waals surface area contributed by atoms with Gasteiger partial charge in [-0.05, 0) is 86.4 Å². The summed E-state index contributed by atoms with van der Waals surface area (Å²) in [7, 11) is 0. The van der Waals surface area contributed by atoms with Crippen molar-refractivity contribution in [3.05, 3.63) is 69.5 Å². The van der Waals surface area contributed by atoms with Gasteiger partial charge >= 0.3 is 0 Å². The topological polar surface area (TPSA) is 58.6 Å². The number of ether oxygens (including phenoxy) is 1. The highest BCUT2D eigenvalue weighted by Crippen LogP contribution is 2.21. The fourth-order valence-corrected chi connectivity index (χ4v) is 3.53. The molecule has 0 saturated heterocycles. The molecule has 2 aromatic rings. The third kappa shape index (κ3) is 6.94. The molecule has 2 N–H and O–H groups in total. The molecule has 0 saturated carbocycles. The minimum atomic E-state index is -0.344. The summed E-state index contributed by atoms with van der Waals surface area (Å²) in [6.45, 7) is 9.01. The molecule has 4 nitrogen and oxygen atoms in total. The highest BCUT2D eigenvalue weighted by Gasteiger charge is 2.19. The van der Waals surface area contributed by atoms with Gasteiger partial charge in [0.25, 0.3) is 0 Å². The van der Waals surface area contributed by atoms with Crippen LogP contribution in [-0.2, 0) is 22.6 Å². The first-order valence-electron chi connectivity index (χ1n) is 10.1. The lowest BCUT2D eigenvalue weighted by atomic mass is 9.90. The van der Waals surface area contributed by atoms with Gasteiger partial charge in [0.2, 0.25) is 5.91 Å². The maximum atomic E-state index is 13.3. The minimum absolute atomic E-state index is 0.207. The number of carbonyl (C=O) groups is 1. The lowest BCUT2D eigenvalue weighted by Gasteiger charge is -2.17. The summed E-state index contributed by atoms with van der Waals surface area (Å²) in [4.78, 5) is 12.1. The van der Waals surface area contributed by atoms with E-state index in [4.69, 9.17) is 9.94 Å². The molecule has 0 aromatic heterocycles. The van der Waals surface area contributed by atoms with E-state index in [2.05, 4.69) is 32.9 Å². The van der Waals surface area contributed by atoms with Gasteiger partial charge in [-0.25, -0.2) is 9.87 Å². The molecule has 0 aliphatic heterocycles. The summed E-state index contributed by atoms with van der Waals surface area (Å²) in [5, 5.41) is 9.09. The van der Waals surface area contributed by atoms with Gasteiger partial charge in [0.15, 0.2) is 0 Å². The van der Waals surface area contributed by atoms with E-state index >= 15 is 0 Å². The summed E-state index contributed by atoms with van der Waals surface area (Å²) >= 11 is 0. The molecule has 0 fully saturated rings. The quantitative estimate of drug-likeness (QED) is 0.330. The number of carbonyl (C=O) groups excluding carboxylic acids is 1. The van der Waals surface area contributed by atoms with E-state index in [0.29, 0.717) is 31.6 Å². The van der Waals surface area contributed by atoms with Crippen LogP contribution >= 0.6 is 0 Å². The number of halogens is 1. The number of unbranched alkanes of at least 4 members (excludes halogenated alkanes) is 1. The molecule has 0 bridgehead atoms. The molecule has 2 rings (SSSR count). The van der Waals surface area contributed by atoms with Crippen molar-refractivity contribution >= 4 is 5.91 Å². The number of nitrogens with one attached hydrogen (secondary N) is 1. The third-order valence-electron chi connectivity index (χ3n) is 5.53. The van der Waals surface area contributed by atoms with E-state index in [-0.39, 0.29) is 17.6 Å². The predicted molar refractivity (Wildman–Crippen MR) is 112 cm³/mol. The van der Waals surface area contributed by atoms with Crippen LogP contribution in [0.5, 0.6) is 0 Å². The molecule has 29 heavy (non-hydrogen) atoms.